The van der Waals surface area contributed by atoms with Gasteiger partial charge < -0.3 is 24.8 Å². The summed E-state index contributed by atoms with van der Waals surface area (Å²) in [5.41, 5.74) is -0.469. The van der Waals surface area contributed by atoms with E-state index in [2.05, 4.69) is 30.4 Å². The lowest BCUT2D eigenvalue weighted by Crippen LogP contribution is -2.63. The highest BCUT2D eigenvalue weighted by Gasteiger charge is 2.34. The number of aryl methyl sites for hydroxylation is 1. The fourth-order valence-electron chi connectivity index (χ4n) is 3.19. The van der Waals surface area contributed by atoms with Crippen molar-refractivity contribution >= 4 is 36.0 Å². The summed E-state index contributed by atoms with van der Waals surface area (Å²) in [5, 5.41) is 15.2. The van der Waals surface area contributed by atoms with Gasteiger partial charge in [-0.25, -0.2) is 9.79 Å². The number of likely N-dealkylation sites (tertiary alicyclic amines) is 1. The van der Waals surface area contributed by atoms with Crippen LogP contribution in [0, 0.1) is 0 Å². The Hall–Kier alpha value is -1.59. The number of carbonyl (C=O) groups excluding carboxylic acids is 1. The van der Waals surface area contributed by atoms with E-state index in [9.17, 15) is 4.79 Å². The van der Waals surface area contributed by atoms with E-state index in [-0.39, 0.29) is 36.1 Å². The number of halogens is 1. The van der Waals surface area contributed by atoms with Gasteiger partial charge in [0.2, 0.25) is 0 Å². The van der Waals surface area contributed by atoms with Crippen LogP contribution in [0.5, 0.6) is 0 Å². The molecule has 10 heteroatoms. The summed E-state index contributed by atoms with van der Waals surface area (Å²) in [4.78, 5) is 18.4. The third-order valence-corrected chi connectivity index (χ3v) is 4.53. The molecule has 2 aliphatic rings. The van der Waals surface area contributed by atoms with Crippen LogP contribution < -0.4 is 10.6 Å². The van der Waals surface area contributed by atoms with Crippen molar-refractivity contribution in [2.75, 3.05) is 19.6 Å². The number of ether oxygens (including phenoxy) is 1. The van der Waals surface area contributed by atoms with Gasteiger partial charge in [-0.1, -0.05) is 0 Å². The van der Waals surface area contributed by atoms with E-state index in [1.54, 1.807) is 4.90 Å². The number of rotatable bonds is 4. The molecule has 0 aromatic carbocycles. The average Bonchev–Trinajstić information content (AvgIpc) is 2.97. The molecule has 0 saturated carbocycles. The fourth-order valence-corrected chi connectivity index (χ4v) is 3.19. The Morgan fingerprint density at radius 2 is 2.04 bits per heavy atom. The van der Waals surface area contributed by atoms with Crippen LogP contribution >= 0.6 is 24.0 Å². The highest BCUT2D eigenvalue weighted by atomic mass is 127. The standard InChI is InChI=1S/C18H31N7O2.HI/c1-5-19-16(20-10-15-23-22-14-8-6-7-9-25(14)15)21-13-11-24(12-13)17(26)27-18(2,3)4;/h13H,5-12H2,1-4H3,(H2,19,20,21);1H. The second-order valence-corrected chi connectivity index (χ2v) is 8.06. The van der Waals surface area contributed by atoms with Crippen LogP contribution in [0.3, 0.4) is 0 Å². The molecule has 0 unspecified atom stereocenters. The molecule has 2 aliphatic heterocycles. The number of carbonyl (C=O) groups is 1. The molecule has 3 heterocycles. The average molecular weight is 505 g/mol. The maximum atomic E-state index is 12.0. The first-order valence-corrected chi connectivity index (χ1v) is 9.79. The molecule has 0 aliphatic carbocycles. The van der Waals surface area contributed by atoms with Gasteiger partial charge in [0.25, 0.3) is 0 Å². The molecule has 1 fully saturated rings. The Balaban J connectivity index is 0.00000280. The molecule has 1 amide bonds. The van der Waals surface area contributed by atoms with Crippen molar-refractivity contribution in [1.29, 1.82) is 0 Å². The fraction of sp³-hybridized carbons (Fsp3) is 0.778. The van der Waals surface area contributed by atoms with E-state index in [4.69, 9.17) is 4.74 Å². The Kier molecular flexibility index (Phi) is 7.90. The molecular weight excluding hydrogens is 473 g/mol. The summed E-state index contributed by atoms with van der Waals surface area (Å²) in [5.74, 6) is 2.71. The second kappa shape index (κ2) is 9.75. The minimum atomic E-state index is -0.469. The minimum absolute atomic E-state index is 0. The molecule has 1 aromatic heterocycles. The maximum Gasteiger partial charge on any atom is 0.410 e. The lowest BCUT2D eigenvalue weighted by atomic mass is 10.1. The van der Waals surface area contributed by atoms with E-state index < -0.39 is 5.60 Å². The number of guanidine groups is 1. The van der Waals surface area contributed by atoms with Crippen LogP contribution in [0.1, 0.15) is 52.2 Å². The lowest BCUT2D eigenvalue weighted by molar-refractivity contribution is 0.00701. The molecule has 0 atom stereocenters. The van der Waals surface area contributed by atoms with Gasteiger partial charge in [-0.2, -0.15) is 0 Å². The number of aliphatic imine (C=N–C) groups is 1. The smallest absolute Gasteiger partial charge is 0.410 e. The summed E-state index contributed by atoms with van der Waals surface area (Å²) in [7, 11) is 0. The number of hydrogen-bond acceptors (Lipinski definition) is 5. The van der Waals surface area contributed by atoms with Crippen molar-refractivity contribution in [2.45, 2.75) is 71.7 Å². The molecule has 1 saturated heterocycles. The van der Waals surface area contributed by atoms with Crippen LogP contribution in [0.25, 0.3) is 0 Å². The lowest BCUT2D eigenvalue weighted by Gasteiger charge is -2.40. The summed E-state index contributed by atoms with van der Waals surface area (Å²) < 4.78 is 7.57. The second-order valence-electron chi connectivity index (χ2n) is 8.06. The molecule has 0 bridgehead atoms. The van der Waals surface area contributed by atoms with Crippen molar-refractivity contribution in [3.05, 3.63) is 11.6 Å². The summed E-state index contributed by atoms with van der Waals surface area (Å²) >= 11 is 0. The SMILES string of the molecule is CCNC(=NCc1nnc2n1CCCC2)NC1CN(C(=O)OC(C)(C)C)C1.I. The van der Waals surface area contributed by atoms with E-state index in [0.29, 0.717) is 19.6 Å². The summed E-state index contributed by atoms with van der Waals surface area (Å²) in [6.45, 7) is 11.1. The van der Waals surface area contributed by atoms with Gasteiger partial charge in [0, 0.05) is 32.6 Å². The molecule has 28 heavy (non-hydrogen) atoms. The van der Waals surface area contributed by atoms with E-state index >= 15 is 0 Å². The Morgan fingerprint density at radius 1 is 1.29 bits per heavy atom. The zero-order valence-electron chi connectivity index (χ0n) is 17.2. The molecular formula is C18H32IN7O2. The molecule has 3 rings (SSSR count). The Labute approximate surface area is 183 Å². The number of nitrogens with zero attached hydrogens (tertiary/aromatic N) is 5. The molecule has 9 nitrogen and oxygen atoms in total. The first-order valence-electron chi connectivity index (χ1n) is 9.79. The van der Waals surface area contributed by atoms with Gasteiger partial charge in [0.05, 0.1) is 6.04 Å². The maximum absolute atomic E-state index is 12.0. The number of fused-ring (bicyclic) bond motifs is 1. The summed E-state index contributed by atoms with van der Waals surface area (Å²) in [6, 6.07) is 0.169. The monoisotopic (exact) mass is 505 g/mol. The largest absolute Gasteiger partial charge is 0.444 e. The van der Waals surface area contributed by atoms with Crippen molar-refractivity contribution in [3.63, 3.8) is 0 Å². The number of hydrogen-bond donors (Lipinski definition) is 2. The van der Waals surface area contributed by atoms with Crippen molar-refractivity contribution < 1.29 is 9.53 Å². The van der Waals surface area contributed by atoms with Gasteiger partial charge in [0.1, 0.15) is 18.0 Å². The first-order chi connectivity index (χ1) is 12.9. The number of aromatic nitrogens is 3. The zero-order valence-corrected chi connectivity index (χ0v) is 19.5. The predicted octanol–water partition coefficient (Wildman–Crippen LogP) is 1.91. The zero-order chi connectivity index (χ0) is 19.4. The van der Waals surface area contributed by atoms with Crippen LogP contribution in [-0.2, 0) is 24.2 Å². The van der Waals surface area contributed by atoms with Crippen LogP contribution in [0.15, 0.2) is 4.99 Å². The highest BCUT2D eigenvalue weighted by molar-refractivity contribution is 14.0. The topological polar surface area (TPSA) is 96.7 Å². The minimum Gasteiger partial charge on any atom is -0.444 e. The molecule has 158 valence electrons. The van der Waals surface area contributed by atoms with Gasteiger partial charge in [-0.3, -0.25) is 0 Å². The van der Waals surface area contributed by atoms with Gasteiger partial charge in [-0.05, 0) is 40.5 Å². The highest BCUT2D eigenvalue weighted by Crippen LogP contribution is 2.16. The van der Waals surface area contributed by atoms with E-state index in [0.717, 1.165) is 37.1 Å². The van der Waals surface area contributed by atoms with Crippen LogP contribution in [0.4, 0.5) is 4.79 Å². The third kappa shape index (κ3) is 5.95. The Morgan fingerprint density at radius 3 is 2.71 bits per heavy atom. The van der Waals surface area contributed by atoms with Gasteiger partial charge >= 0.3 is 6.09 Å². The van der Waals surface area contributed by atoms with E-state index in [1.165, 1.54) is 12.8 Å². The van der Waals surface area contributed by atoms with Crippen LogP contribution in [0.2, 0.25) is 0 Å². The first kappa shape index (κ1) is 22.7. The summed E-state index contributed by atoms with van der Waals surface area (Å²) in [6.07, 6.45) is 3.08. The van der Waals surface area contributed by atoms with Gasteiger partial charge in [0.15, 0.2) is 11.8 Å². The predicted molar refractivity (Wildman–Crippen MR) is 118 cm³/mol. The van der Waals surface area contributed by atoms with Crippen molar-refractivity contribution in [1.82, 2.24) is 30.3 Å². The van der Waals surface area contributed by atoms with Crippen molar-refractivity contribution in [3.8, 4) is 0 Å². The third-order valence-electron chi connectivity index (χ3n) is 4.53. The Bertz CT molecular complexity index is 693. The molecule has 2 N–H and O–H groups in total. The van der Waals surface area contributed by atoms with Crippen molar-refractivity contribution in [2.24, 2.45) is 4.99 Å². The van der Waals surface area contributed by atoms with E-state index in [1.807, 2.05) is 27.7 Å². The number of nitrogens with one attached hydrogen (secondary N) is 2. The van der Waals surface area contributed by atoms with Gasteiger partial charge in [-0.15, -0.1) is 34.2 Å². The number of amides is 1. The van der Waals surface area contributed by atoms with Crippen LogP contribution in [-0.4, -0.2) is 63.0 Å². The molecule has 1 aromatic rings. The molecule has 0 spiro atoms. The molecule has 0 radical (unpaired) electrons. The normalized spacial score (nSPS) is 17.3. The quantitative estimate of drug-likeness (QED) is 0.369.